The number of alkyl halides is 3. The van der Waals surface area contributed by atoms with Crippen molar-refractivity contribution in [2.24, 2.45) is 0 Å². The molecule has 34 heavy (non-hydrogen) atoms. The lowest BCUT2D eigenvalue weighted by molar-refractivity contribution is -0.274. The molecule has 178 valence electrons. The van der Waals surface area contributed by atoms with Crippen molar-refractivity contribution in [3.8, 4) is 5.75 Å². The van der Waals surface area contributed by atoms with Crippen molar-refractivity contribution in [1.29, 1.82) is 0 Å². The van der Waals surface area contributed by atoms with Crippen LogP contribution in [-0.4, -0.2) is 29.3 Å². The molecule has 1 aliphatic heterocycles. The van der Waals surface area contributed by atoms with Crippen LogP contribution in [0.5, 0.6) is 5.75 Å². The third-order valence-corrected chi connectivity index (χ3v) is 4.79. The average molecular weight is 481 g/mol. The number of imide groups is 1. The van der Waals surface area contributed by atoms with E-state index < -0.39 is 41.5 Å². The number of carbonyl (C=O) groups excluding carboxylic acids is 3. The maximum atomic E-state index is 13.9. The Morgan fingerprint density at radius 1 is 1.21 bits per heavy atom. The lowest BCUT2D eigenvalue weighted by atomic mass is 9.98. The smallest absolute Gasteiger partial charge is 0.444 e. The van der Waals surface area contributed by atoms with Crippen LogP contribution < -0.4 is 15.4 Å². The summed E-state index contributed by atoms with van der Waals surface area (Å²) >= 11 is 0. The molecule has 3 amide bonds. The fourth-order valence-electron chi connectivity index (χ4n) is 3.25. The van der Waals surface area contributed by atoms with E-state index in [0.717, 1.165) is 12.1 Å². The number of hydrogen-bond donors (Lipinski definition) is 2. The molecule has 4 rings (SSSR count). The quantitative estimate of drug-likeness (QED) is 0.415. The summed E-state index contributed by atoms with van der Waals surface area (Å²) in [6.07, 6.45) is -5.59. The molecule has 0 bridgehead atoms. The van der Waals surface area contributed by atoms with Gasteiger partial charge in [0, 0.05) is 12.5 Å². The predicted octanol–water partition coefficient (Wildman–Crippen LogP) is 4.13. The number of nitrogens with one attached hydrogen (secondary N) is 2. The minimum absolute atomic E-state index is 0.157. The molecule has 9 nitrogen and oxygen atoms in total. The minimum Gasteiger partial charge on any atom is -0.444 e. The van der Waals surface area contributed by atoms with Crippen LogP contribution in [0.15, 0.2) is 40.8 Å². The number of benzene rings is 2. The fraction of sp³-hybridized carbons (Fsp3) is 0.238. The van der Waals surface area contributed by atoms with Crippen LogP contribution in [0.3, 0.4) is 0 Å². The first-order chi connectivity index (χ1) is 16.1. The first-order valence-electron chi connectivity index (χ1n) is 9.79. The highest BCUT2D eigenvalue weighted by atomic mass is 19.4. The van der Waals surface area contributed by atoms with Gasteiger partial charge in [-0.2, -0.15) is 0 Å². The summed E-state index contributed by atoms with van der Waals surface area (Å²) in [6, 6.07) is 6.92. The monoisotopic (exact) mass is 481 g/mol. The lowest BCUT2D eigenvalue weighted by Gasteiger charge is -2.17. The van der Waals surface area contributed by atoms with Crippen molar-refractivity contribution < 1.29 is 45.8 Å². The number of amides is 3. The second-order valence-corrected chi connectivity index (χ2v) is 7.25. The third kappa shape index (κ3) is 5.42. The van der Waals surface area contributed by atoms with Crippen molar-refractivity contribution in [2.75, 3.05) is 5.32 Å². The van der Waals surface area contributed by atoms with E-state index in [-0.39, 0.29) is 31.2 Å². The van der Waals surface area contributed by atoms with E-state index in [4.69, 9.17) is 9.15 Å². The van der Waals surface area contributed by atoms with Crippen LogP contribution in [0.1, 0.15) is 30.2 Å². The first-order valence-corrected chi connectivity index (χ1v) is 9.79. The predicted molar refractivity (Wildman–Crippen MR) is 106 cm³/mol. The maximum Gasteiger partial charge on any atom is 0.573 e. The van der Waals surface area contributed by atoms with Crippen LogP contribution in [0, 0.1) is 5.82 Å². The number of carbonyl (C=O) groups is 3. The van der Waals surface area contributed by atoms with E-state index in [1.807, 2.05) is 0 Å². The Balaban J connectivity index is 1.37. The molecular formula is C21H15F4N3O6. The lowest BCUT2D eigenvalue weighted by Crippen LogP contribution is -2.39. The number of piperidine rings is 1. The molecule has 0 radical (unpaired) electrons. The number of anilines is 1. The van der Waals surface area contributed by atoms with E-state index in [1.54, 1.807) is 18.2 Å². The minimum atomic E-state index is -4.98. The van der Waals surface area contributed by atoms with Crippen LogP contribution in [0.4, 0.5) is 28.0 Å². The summed E-state index contributed by atoms with van der Waals surface area (Å²) < 4.78 is 64.7. The van der Waals surface area contributed by atoms with Gasteiger partial charge in [0.05, 0.1) is 5.69 Å². The second-order valence-electron chi connectivity index (χ2n) is 7.25. The molecule has 1 aromatic heterocycles. The van der Waals surface area contributed by atoms with Crippen LogP contribution in [0.25, 0.3) is 11.1 Å². The number of aromatic nitrogens is 1. The normalized spacial score (nSPS) is 16.3. The average Bonchev–Trinajstić information content (AvgIpc) is 3.16. The number of nitrogens with zero attached hydrogens (tertiary/aromatic N) is 1. The van der Waals surface area contributed by atoms with Crippen LogP contribution >= 0.6 is 0 Å². The molecule has 1 atom stereocenters. The van der Waals surface area contributed by atoms with E-state index in [0.29, 0.717) is 22.7 Å². The van der Waals surface area contributed by atoms with Crippen molar-refractivity contribution >= 4 is 34.7 Å². The Morgan fingerprint density at radius 2 is 2.00 bits per heavy atom. The molecule has 2 heterocycles. The Labute approximate surface area is 188 Å². The van der Waals surface area contributed by atoms with Crippen LogP contribution in [-0.2, 0) is 20.9 Å². The molecule has 0 spiro atoms. The number of ether oxygens (including phenoxy) is 2. The van der Waals surface area contributed by atoms with Crippen LogP contribution in [0.2, 0.25) is 0 Å². The number of oxazole rings is 1. The SMILES string of the molecule is O=C1CCC(c2nc3cc(COC(=O)Nc4ccc(OC(F)(F)F)cc4F)ccc3o2)C(=O)N1. The highest BCUT2D eigenvalue weighted by Gasteiger charge is 2.32. The van der Waals surface area contributed by atoms with E-state index in [1.165, 1.54) is 0 Å². The van der Waals surface area contributed by atoms with Gasteiger partial charge in [0.2, 0.25) is 17.7 Å². The van der Waals surface area contributed by atoms with Gasteiger partial charge in [0.15, 0.2) is 11.4 Å². The Bertz CT molecular complexity index is 1270. The zero-order chi connectivity index (χ0) is 24.5. The van der Waals surface area contributed by atoms with Gasteiger partial charge in [0.1, 0.15) is 23.8 Å². The molecule has 1 aliphatic rings. The van der Waals surface area contributed by atoms with Gasteiger partial charge in [-0.3, -0.25) is 20.2 Å². The van der Waals surface area contributed by atoms with Gasteiger partial charge in [-0.15, -0.1) is 13.2 Å². The van der Waals surface area contributed by atoms with Crippen molar-refractivity contribution in [2.45, 2.75) is 31.7 Å². The fourth-order valence-corrected chi connectivity index (χ4v) is 3.25. The second kappa shape index (κ2) is 9.00. The summed E-state index contributed by atoms with van der Waals surface area (Å²) in [5.41, 5.74) is 0.879. The number of hydrogen-bond acceptors (Lipinski definition) is 7. The van der Waals surface area contributed by atoms with E-state index in [9.17, 15) is 31.9 Å². The van der Waals surface area contributed by atoms with Crippen molar-refractivity contribution in [3.05, 3.63) is 53.7 Å². The zero-order valence-electron chi connectivity index (χ0n) is 17.1. The highest BCUT2D eigenvalue weighted by molar-refractivity contribution is 6.00. The molecule has 2 aromatic carbocycles. The molecule has 2 N–H and O–H groups in total. The number of halogens is 4. The van der Waals surface area contributed by atoms with Gasteiger partial charge >= 0.3 is 12.5 Å². The van der Waals surface area contributed by atoms with Gasteiger partial charge in [-0.25, -0.2) is 14.2 Å². The zero-order valence-corrected chi connectivity index (χ0v) is 17.1. The Kier molecular flexibility index (Phi) is 6.09. The summed E-state index contributed by atoms with van der Waals surface area (Å²) in [5, 5.41) is 4.31. The summed E-state index contributed by atoms with van der Waals surface area (Å²) in [7, 11) is 0. The van der Waals surface area contributed by atoms with Crippen molar-refractivity contribution in [1.82, 2.24) is 10.3 Å². The molecule has 1 unspecified atom stereocenters. The maximum absolute atomic E-state index is 13.9. The van der Waals surface area contributed by atoms with Crippen molar-refractivity contribution in [3.63, 3.8) is 0 Å². The van der Waals surface area contributed by atoms with E-state index >= 15 is 0 Å². The summed E-state index contributed by atoms with van der Waals surface area (Å²) in [5.74, 6) is -3.32. The number of rotatable bonds is 5. The third-order valence-electron chi connectivity index (χ3n) is 4.79. The summed E-state index contributed by atoms with van der Waals surface area (Å²) in [4.78, 5) is 39.5. The molecule has 13 heteroatoms. The number of fused-ring (bicyclic) bond motifs is 1. The largest absolute Gasteiger partial charge is 0.573 e. The molecule has 0 saturated carbocycles. The topological polar surface area (TPSA) is 120 Å². The van der Waals surface area contributed by atoms with Gasteiger partial charge < -0.3 is 13.9 Å². The Hall–Kier alpha value is -4.16. The van der Waals surface area contributed by atoms with Gasteiger partial charge in [-0.05, 0) is 36.2 Å². The van der Waals surface area contributed by atoms with Gasteiger partial charge in [0.25, 0.3) is 0 Å². The first kappa shape index (κ1) is 23.0. The van der Waals surface area contributed by atoms with E-state index in [2.05, 4.69) is 20.4 Å². The highest BCUT2D eigenvalue weighted by Crippen LogP contribution is 2.29. The summed E-state index contributed by atoms with van der Waals surface area (Å²) in [6.45, 7) is -0.237. The molecule has 0 aliphatic carbocycles. The Morgan fingerprint density at radius 3 is 2.71 bits per heavy atom. The molecule has 1 saturated heterocycles. The van der Waals surface area contributed by atoms with Gasteiger partial charge in [-0.1, -0.05) is 6.07 Å². The molecule has 3 aromatic rings. The standard InChI is InChI=1S/C21H15F4N3O6/c22-13-8-11(34-21(23,24)25)2-4-14(13)27-20(31)32-9-10-1-5-16-15(7-10)26-19(33-16)12-3-6-17(29)28-18(12)30/h1-2,4-5,7-8,12H,3,6,9H2,(H,27,31)(H,28,29,30). The molecular weight excluding hydrogens is 466 g/mol. The molecule has 1 fully saturated rings.